The summed E-state index contributed by atoms with van der Waals surface area (Å²) < 4.78 is 5.27. The van der Waals surface area contributed by atoms with Gasteiger partial charge in [-0.25, -0.2) is 0 Å². The van der Waals surface area contributed by atoms with Crippen molar-refractivity contribution in [2.75, 3.05) is 13.2 Å². The molecule has 0 aromatic heterocycles. The van der Waals surface area contributed by atoms with E-state index in [0.29, 0.717) is 22.3 Å². The zero-order valence-corrected chi connectivity index (χ0v) is 11.8. The second kappa shape index (κ2) is 6.27. The quantitative estimate of drug-likeness (QED) is 0.874. The van der Waals surface area contributed by atoms with E-state index in [4.69, 9.17) is 33.7 Å². The molecular formula is C12H16Cl2N2O2. The van der Waals surface area contributed by atoms with Crippen molar-refractivity contribution in [3.8, 4) is 5.75 Å². The van der Waals surface area contributed by atoms with Gasteiger partial charge in [0.15, 0.2) is 6.61 Å². The smallest absolute Gasteiger partial charge is 0.258 e. The van der Waals surface area contributed by atoms with Gasteiger partial charge in [0.25, 0.3) is 5.91 Å². The molecule has 0 spiro atoms. The molecule has 0 bridgehead atoms. The van der Waals surface area contributed by atoms with Crippen molar-refractivity contribution >= 4 is 29.1 Å². The number of rotatable bonds is 5. The summed E-state index contributed by atoms with van der Waals surface area (Å²) in [7, 11) is 0. The molecule has 1 aromatic carbocycles. The lowest BCUT2D eigenvalue weighted by Crippen LogP contribution is -2.46. The maximum Gasteiger partial charge on any atom is 0.258 e. The third-order valence-corrected chi connectivity index (χ3v) is 2.74. The predicted octanol–water partition coefficient (Wildman–Crippen LogP) is 2.23. The van der Waals surface area contributed by atoms with Gasteiger partial charge >= 0.3 is 0 Å². The van der Waals surface area contributed by atoms with Crippen molar-refractivity contribution in [2.24, 2.45) is 5.73 Å². The van der Waals surface area contributed by atoms with E-state index in [1.54, 1.807) is 18.2 Å². The molecule has 100 valence electrons. The topological polar surface area (TPSA) is 64.3 Å². The van der Waals surface area contributed by atoms with Gasteiger partial charge in [0.2, 0.25) is 0 Å². The molecule has 4 nitrogen and oxygen atoms in total. The Balaban J connectivity index is 2.40. The minimum atomic E-state index is -0.445. The van der Waals surface area contributed by atoms with E-state index in [1.165, 1.54) is 0 Å². The summed E-state index contributed by atoms with van der Waals surface area (Å²) in [5, 5.41) is 3.50. The largest absolute Gasteiger partial charge is 0.484 e. The summed E-state index contributed by atoms with van der Waals surface area (Å²) in [6, 6.07) is 4.82. The van der Waals surface area contributed by atoms with Crippen LogP contribution >= 0.6 is 23.2 Å². The van der Waals surface area contributed by atoms with Crippen molar-refractivity contribution in [1.82, 2.24) is 5.32 Å². The summed E-state index contributed by atoms with van der Waals surface area (Å²) in [5.74, 6) is 0.256. The first-order chi connectivity index (χ1) is 8.28. The van der Waals surface area contributed by atoms with Gasteiger partial charge in [-0.1, -0.05) is 23.2 Å². The molecule has 0 aliphatic rings. The lowest BCUT2D eigenvalue weighted by atomic mass is 10.1. The van der Waals surface area contributed by atoms with Gasteiger partial charge in [0, 0.05) is 18.2 Å². The number of carbonyl (C=O) groups is 1. The van der Waals surface area contributed by atoms with Crippen LogP contribution in [0.15, 0.2) is 18.2 Å². The highest BCUT2D eigenvalue weighted by molar-refractivity contribution is 6.42. The summed E-state index contributed by atoms with van der Waals surface area (Å²) >= 11 is 11.6. The van der Waals surface area contributed by atoms with Crippen LogP contribution in [0.3, 0.4) is 0 Å². The van der Waals surface area contributed by atoms with E-state index in [1.807, 2.05) is 13.8 Å². The first-order valence-electron chi connectivity index (χ1n) is 5.41. The molecule has 6 heteroatoms. The molecule has 0 saturated carbocycles. The zero-order chi connectivity index (χ0) is 13.8. The fraction of sp³-hybridized carbons (Fsp3) is 0.417. The van der Waals surface area contributed by atoms with E-state index in [2.05, 4.69) is 5.32 Å². The van der Waals surface area contributed by atoms with Crippen molar-refractivity contribution in [2.45, 2.75) is 19.4 Å². The summed E-state index contributed by atoms with van der Waals surface area (Å²) in [6.07, 6.45) is 0. The summed E-state index contributed by atoms with van der Waals surface area (Å²) in [6.45, 7) is 3.95. The Morgan fingerprint density at radius 3 is 2.61 bits per heavy atom. The number of nitrogens with two attached hydrogens (primary N) is 1. The van der Waals surface area contributed by atoms with Crippen molar-refractivity contribution < 1.29 is 9.53 Å². The molecule has 0 unspecified atom stereocenters. The fourth-order valence-corrected chi connectivity index (χ4v) is 1.38. The van der Waals surface area contributed by atoms with Crippen LogP contribution < -0.4 is 15.8 Å². The van der Waals surface area contributed by atoms with Crippen molar-refractivity contribution in [3.05, 3.63) is 28.2 Å². The predicted molar refractivity (Wildman–Crippen MR) is 73.2 cm³/mol. The first kappa shape index (κ1) is 15.1. The minimum absolute atomic E-state index is 0.0892. The maximum atomic E-state index is 11.5. The lowest BCUT2D eigenvalue weighted by Gasteiger charge is -2.18. The molecule has 0 heterocycles. The molecule has 0 saturated heterocycles. The van der Waals surface area contributed by atoms with Gasteiger partial charge < -0.3 is 15.8 Å². The Labute approximate surface area is 116 Å². The van der Waals surface area contributed by atoms with E-state index in [9.17, 15) is 4.79 Å². The molecule has 1 amide bonds. The number of halogens is 2. The second-order valence-corrected chi connectivity index (χ2v) is 5.44. The van der Waals surface area contributed by atoms with Crippen LogP contribution in [0.25, 0.3) is 0 Å². The molecule has 1 rings (SSSR count). The van der Waals surface area contributed by atoms with Gasteiger partial charge in [-0.15, -0.1) is 0 Å². The maximum absolute atomic E-state index is 11.5. The Morgan fingerprint density at radius 2 is 2.06 bits per heavy atom. The average molecular weight is 291 g/mol. The molecule has 1 aromatic rings. The zero-order valence-electron chi connectivity index (χ0n) is 10.3. The van der Waals surface area contributed by atoms with Crippen molar-refractivity contribution in [1.29, 1.82) is 0 Å². The van der Waals surface area contributed by atoms with Crippen LogP contribution in [-0.2, 0) is 4.79 Å². The molecule has 0 aliphatic carbocycles. The lowest BCUT2D eigenvalue weighted by molar-refractivity contribution is -0.123. The Hall–Kier alpha value is -0.970. The van der Waals surface area contributed by atoms with Crippen LogP contribution in [-0.4, -0.2) is 24.6 Å². The normalized spacial score (nSPS) is 11.2. The molecule has 0 aliphatic heterocycles. The number of nitrogens with one attached hydrogen (secondary N) is 1. The highest BCUT2D eigenvalue weighted by Gasteiger charge is 2.12. The molecular weight excluding hydrogens is 275 g/mol. The average Bonchev–Trinajstić information content (AvgIpc) is 2.27. The first-order valence-corrected chi connectivity index (χ1v) is 6.17. The summed E-state index contributed by atoms with van der Waals surface area (Å²) in [5.41, 5.74) is 5.29. The van der Waals surface area contributed by atoms with Crippen LogP contribution in [0.5, 0.6) is 5.75 Å². The highest BCUT2D eigenvalue weighted by Crippen LogP contribution is 2.26. The van der Waals surface area contributed by atoms with Crippen LogP contribution in [0.4, 0.5) is 0 Å². The molecule has 0 radical (unpaired) electrons. The Kier molecular flexibility index (Phi) is 5.26. The monoisotopic (exact) mass is 290 g/mol. The fourth-order valence-electron chi connectivity index (χ4n) is 1.09. The van der Waals surface area contributed by atoms with Crippen LogP contribution in [0, 0.1) is 0 Å². The molecule has 0 atom stereocenters. The number of hydrogen-bond acceptors (Lipinski definition) is 3. The number of benzene rings is 1. The van der Waals surface area contributed by atoms with Crippen molar-refractivity contribution in [3.63, 3.8) is 0 Å². The number of ether oxygens (including phenoxy) is 1. The number of amides is 1. The number of hydrogen-bond donors (Lipinski definition) is 2. The van der Waals surface area contributed by atoms with Gasteiger partial charge in [0.05, 0.1) is 10.0 Å². The standard InChI is InChI=1S/C12H16Cl2N2O2/c1-12(2,15)7-16-11(17)6-18-8-3-4-9(13)10(14)5-8/h3-5H,6-7,15H2,1-2H3,(H,16,17). The second-order valence-electron chi connectivity index (χ2n) is 4.63. The third kappa shape index (κ3) is 5.58. The SMILES string of the molecule is CC(C)(N)CNC(=O)COc1ccc(Cl)c(Cl)c1. The summed E-state index contributed by atoms with van der Waals surface area (Å²) in [4.78, 5) is 11.5. The van der Waals surface area contributed by atoms with E-state index in [0.717, 1.165) is 0 Å². The Bertz CT molecular complexity index is 431. The third-order valence-electron chi connectivity index (χ3n) is 2.00. The van der Waals surface area contributed by atoms with Gasteiger partial charge in [-0.05, 0) is 26.0 Å². The molecule has 0 fully saturated rings. The van der Waals surface area contributed by atoms with Crippen LogP contribution in [0.2, 0.25) is 10.0 Å². The molecule has 3 N–H and O–H groups in total. The highest BCUT2D eigenvalue weighted by atomic mass is 35.5. The van der Waals surface area contributed by atoms with E-state index < -0.39 is 5.54 Å². The van der Waals surface area contributed by atoms with E-state index >= 15 is 0 Å². The van der Waals surface area contributed by atoms with E-state index in [-0.39, 0.29) is 12.5 Å². The van der Waals surface area contributed by atoms with Gasteiger partial charge in [0.1, 0.15) is 5.75 Å². The van der Waals surface area contributed by atoms with Crippen LogP contribution in [0.1, 0.15) is 13.8 Å². The number of carbonyl (C=O) groups excluding carboxylic acids is 1. The van der Waals surface area contributed by atoms with Gasteiger partial charge in [-0.2, -0.15) is 0 Å². The molecule has 18 heavy (non-hydrogen) atoms. The van der Waals surface area contributed by atoms with Gasteiger partial charge in [-0.3, -0.25) is 4.79 Å². The Morgan fingerprint density at radius 1 is 1.39 bits per heavy atom. The minimum Gasteiger partial charge on any atom is -0.484 e.